The van der Waals surface area contributed by atoms with Crippen molar-refractivity contribution in [2.24, 2.45) is 5.92 Å². The van der Waals surface area contributed by atoms with E-state index >= 15 is 0 Å². The molecule has 3 aromatic rings. The Hall–Kier alpha value is -4.00. The first-order valence-electron chi connectivity index (χ1n) is 11.2. The molecule has 7 nitrogen and oxygen atoms in total. The Labute approximate surface area is 198 Å². The quantitative estimate of drug-likeness (QED) is 0.560. The third kappa shape index (κ3) is 3.53. The zero-order valence-corrected chi connectivity index (χ0v) is 19.3. The number of hydrogen-bond donors (Lipinski definition) is 0. The van der Waals surface area contributed by atoms with Crippen LogP contribution >= 0.6 is 0 Å². The van der Waals surface area contributed by atoms with Gasteiger partial charge in [-0.3, -0.25) is 9.59 Å². The van der Waals surface area contributed by atoms with E-state index in [2.05, 4.69) is 0 Å². The monoisotopic (exact) mass is 458 g/mol. The molecule has 0 aliphatic carbocycles. The van der Waals surface area contributed by atoms with E-state index in [-0.39, 0.29) is 17.9 Å². The summed E-state index contributed by atoms with van der Waals surface area (Å²) < 4.78 is 16.8. The predicted octanol–water partition coefficient (Wildman–Crippen LogP) is 3.92. The predicted molar refractivity (Wildman–Crippen MR) is 129 cm³/mol. The standard InChI is InChI=1S/C27H26N2O5/c1-17-23-24(29(26(17)30)19-11-15-21(33-3)16-12-19)25(34-22-7-5-4-6-8-22)27(31)28(23)18-9-13-20(32-2)14-10-18/h4-17,23-25H,1-3H3/t17-,23-,24+,25-/m0/s1. The number of benzene rings is 3. The molecule has 34 heavy (non-hydrogen) atoms. The Morgan fingerprint density at radius 3 is 1.62 bits per heavy atom. The van der Waals surface area contributed by atoms with E-state index in [0.29, 0.717) is 28.6 Å². The summed E-state index contributed by atoms with van der Waals surface area (Å²) in [4.78, 5) is 30.8. The van der Waals surface area contributed by atoms with Crippen LogP contribution in [-0.2, 0) is 9.59 Å². The molecule has 174 valence electrons. The van der Waals surface area contributed by atoms with Crippen LogP contribution < -0.4 is 24.0 Å². The van der Waals surface area contributed by atoms with Gasteiger partial charge in [-0.05, 0) is 60.7 Å². The van der Waals surface area contributed by atoms with Crippen LogP contribution in [-0.4, -0.2) is 44.2 Å². The molecule has 4 atom stereocenters. The minimum absolute atomic E-state index is 0.0483. The first-order chi connectivity index (χ1) is 16.5. The average Bonchev–Trinajstić information content (AvgIpc) is 3.30. The Kier molecular flexibility index (Phi) is 5.61. The number of ether oxygens (including phenoxy) is 3. The number of para-hydroxylation sites is 1. The molecular weight excluding hydrogens is 432 g/mol. The van der Waals surface area contributed by atoms with Gasteiger partial charge in [-0.1, -0.05) is 25.1 Å². The molecular formula is C27H26N2O5. The van der Waals surface area contributed by atoms with Crippen LogP contribution in [0.1, 0.15) is 6.92 Å². The number of fused-ring (bicyclic) bond motifs is 1. The third-order valence-electron chi connectivity index (χ3n) is 6.58. The highest BCUT2D eigenvalue weighted by Gasteiger charge is 2.62. The molecule has 0 radical (unpaired) electrons. The SMILES string of the molecule is COc1ccc(N2C(=O)[C@@H](Oc3ccccc3)[C@H]3[C@@H]2[C@H](C)C(=O)N3c2ccc(OC)cc2)cc1. The van der Waals surface area contributed by atoms with Gasteiger partial charge in [-0.25, -0.2) is 0 Å². The summed E-state index contributed by atoms with van der Waals surface area (Å²) in [6.45, 7) is 1.87. The van der Waals surface area contributed by atoms with E-state index in [4.69, 9.17) is 14.2 Å². The lowest BCUT2D eigenvalue weighted by Crippen LogP contribution is -2.46. The minimum atomic E-state index is -0.856. The molecule has 5 rings (SSSR count). The van der Waals surface area contributed by atoms with Crippen LogP contribution in [0.25, 0.3) is 0 Å². The fourth-order valence-electron chi connectivity index (χ4n) is 4.93. The van der Waals surface area contributed by atoms with Crippen LogP contribution in [0.15, 0.2) is 78.9 Å². The number of anilines is 2. The van der Waals surface area contributed by atoms with Crippen molar-refractivity contribution in [3.63, 3.8) is 0 Å². The maximum atomic E-state index is 13.8. The van der Waals surface area contributed by atoms with E-state index in [9.17, 15) is 9.59 Å². The van der Waals surface area contributed by atoms with Crippen molar-refractivity contribution in [2.75, 3.05) is 24.0 Å². The number of nitrogens with zero attached hydrogens (tertiary/aromatic N) is 2. The molecule has 0 bridgehead atoms. The molecule has 2 heterocycles. The number of methoxy groups -OCH3 is 2. The zero-order valence-electron chi connectivity index (χ0n) is 19.3. The Bertz CT molecular complexity index is 1130. The van der Waals surface area contributed by atoms with Gasteiger partial charge in [0.2, 0.25) is 5.91 Å². The molecule has 3 aromatic carbocycles. The number of carbonyl (C=O) groups excluding carboxylic acids is 2. The lowest BCUT2D eigenvalue weighted by atomic mass is 9.99. The molecule has 2 aliphatic rings. The Morgan fingerprint density at radius 1 is 0.618 bits per heavy atom. The van der Waals surface area contributed by atoms with Crippen molar-refractivity contribution in [3.8, 4) is 17.2 Å². The van der Waals surface area contributed by atoms with Gasteiger partial charge in [-0.15, -0.1) is 0 Å². The van der Waals surface area contributed by atoms with Gasteiger partial charge in [-0.2, -0.15) is 0 Å². The molecule has 2 saturated heterocycles. The van der Waals surface area contributed by atoms with Crippen molar-refractivity contribution in [2.45, 2.75) is 25.1 Å². The lowest BCUT2D eigenvalue weighted by Gasteiger charge is -2.28. The maximum absolute atomic E-state index is 13.8. The number of amides is 2. The second-order valence-corrected chi connectivity index (χ2v) is 8.43. The smallest absolute Gasteiger partial charge is 0.270 e. The molecule has 2 amide bonds. The van der Waals surface area contributed by atoms with Gasteiger partial charge >= 0.3 is 0 Å². The summed E-state index contributed by atoms with van der Waals surface area (Å²) in [5, 5.41) is 0. The van der Waals surface area contributed by atoms with E-state index < -0.39 is 18.1 Å². The van der Waals surface area contributed by atoms with Crippen LogP contribution in [0.2, 0.25) is 0 Å². The number of carbonyl (C=O) groups is 2. The fraction of sp³-hybridized carbons (Fsp3) is 0.259. The Balaban J connectivity index is 1.59. The lowest BCUT2D eigenvalue weighted by molar-refractivity contribution is -0.124. The second-order valence-electron chi connectivity index (χ2n) is 8.43. The molecule has 0 unspecified atom stereocenters. The van der Waals surface area contributed by atoms with Gasteiger partial charge in [0.1, 0.15) is 23.3 Å². The van der Waals surface area contributed by atoms with Crippen LogP contribution in [0.5, 0.6) is 17.2 Å². The molecule has 0 saturated carbocycles. The van der Waals surface area contributed by atoms with E-state index in [1.807, 2.05) is 85.8 Å². The normalized spacial score (nSPS) is 23.7. The van der Waals surface area contributed by atoms with Crippen LogP contribution in [0.4, 0.5) is 11.4 Å². The summed E-state index contributed by atoms with van der Waals surface area (Å²) >= 11 is 0. The van der Waals surface area contributed by atoms with Crippen molar-refractivity contribution in [1.29, 1.82) is 0 Å². The van der Waals surface area contributed by atoms with Crippen molar-refractivity contribution < 1.29 is 23.8 Å². The first-order valence-corrected chi connectivity index (χ1v) is 11.2. The average molecular weight is 459 g/mol. The zero-order chi connectivity index (χ0) is 23.8. The summed E-state index contributed by atoms with van der Waals surface area (Å²) in [7, 11) is 3.19. The third-order valence-corrected chi connectivity index (χ3v) is 6.58. The highest BCUT2D eigenvalue weighted by Crippen LogP contribution is 2.43. The Morgan fingerprint density at radius 2 is 1.12 bits per heavy atom. The van der Waals surface area contributed by atoms with E-state index in [1.54, 1.807) is 24.0 Å². The highest BCUT2D eigenvalue weighted by molar-refractivity contribution is 6.09. The molecule has 2 fully saturated rings. The maximum Gasteiger partial charge on any atom is 0.270 e. The summed E-state index contributed by atoms with van der Waals surface area (Å²) in [6.07, 6.45) is -0.856. The first kappa shape index (κ1) is 21.8. The molecule has 0 N–H and O–H groups in total. The van der Waals surface area contributed by atoms with Crippen molar-refractivity contribution >= 4 is 23.2 Å². The van der Waals surface area contributed by atoms with E-state index in [1.165, 1.54) is 0 Å². The van der Waals surface area contributed by atoms with Gasteiger partial charge < -0.3 is 24.0 Å². The van der Waals surface area contributed by atoms with Crippen molar-refractivity contribution in [1.82, 2.24) is 0 Å². The molecule has 7 heteroatoms. The summed E-state index contributed by atoms with van der Waals surface area (Å²) in [5.74, 6) is 1.33. The molecule has 2 aliphatic heterocycles. The summed E-state index contributed by atoms with van der Waals surface area (Å²) in [5.41, 5.74) is 1.41. The largest absolute Gasteiger partial charge is 0.497 e. The topological polar surface area (TPSA) is 68.3 Å². The van der Waals surface area contributed by atoms with Gasteiger partial charge in [0.05, 0.1) is 26.2 Å². The van der Waals surface area contributed by atoms with Gasteiger partial charge in [0.25, 0.3) is 5.91 Å². The molecule has 0 aromatic heterocycles. The number of hydrogen-bond acceptors (Lipinski definition) is 5. The van der Waals surface area contributed by atoms with Crippen LogP contribution in [0.3, 0.4) is 0 Å². The van der Waals surface area contributed by atoms with Crippen LogP contribution in [0, 0.1) is 5.92 Å². The highest BCUT2D eigenvalue weighted by atomic mass is 16.5. The second kappa shape index (κ2) is 8.74. The number of rotatable bonds is 6. The van der Waals surface area contributed by atoms with Crippen molar-refractivity contribution in [3.05, 3.63) is 78.9 Å². The minimum Gasteiger partial charge on any atom is -0.497 e. The van der Waals surface area contributed by atoms with Gasteiger partial charge in [0, 0.05) is 11.4 Å². The fourth-order valence-corrected chi connectivity index (χ4v) is 4.93. The molecule has 0 spiro atoms. The van der Waals surface area contributed by atoms with Gasteiger partial charge in [0.15, 0.2) is 6.10 Å². The van der Waals surface area contributed by atoms with E-state index in [0.717, 1.165) is 0 Å². The summed E-state index contributed by atoms with van der Waals surface area (Å²) in [6, 6.07) is 23.0.